The standard InChI is InChI=1S/C19H22N2O4S/c1-13-7-8-14(2)18(11-13)26(23,24)21-10-9-20-19(22)17-12-15-5-3-4-6-16(15)25-17/h3-8,11,17,21H,9-10,12H2,1-2H3,(H,20,22). The fraction of sp³-hybridized carbons (Fsp3) is 0.316. The molecule has 1 aliphatic heterocycles. The molecule has 0 saturated heterocycles. The van der Waals surface area contributed by atoms with E-state index in [2.05, 4.69) is 10.0 Å². The number of aryl methyl sites for hydroxylation is 2. The Bertz CT molecular complexity index is 900. The number of carbonyl (C=O) groups is 1. The zero-order chi connectivity index (χ0) is 18.7. The Morgan fingerprint density at radius 2 is 1.92 bits per heavy atom. The summed E-state index contributed by atoms with van der Waals surface area (Å²) in [4.78, 5) is 12.5. The van der Waals surface area contributed by atoms with Crippen molar-refractivity contribution in [2.45, 2.75) is 31.3 Å². The van der Waals surface area contributed by atoms with Gasteiger partial charge >= 0.3 is 0 Å². The molecule has 26 heavy (non-hydrogen) atoms. The lowest BCUT2D eigenvalue weighted by atomic mass is 10.1. The summed E-state index contributed by atoms with van der Waals surface area (Å²) in [5.41, 5.74) is 2.56. The highest BCUT2D eigenvalue weighted by Gasteiger charge is 2.28. The summed E-state index contributed by atoms with van der Waals surface area (Å²) in [5.74, 6) is 0.482. The number of ether oxygens (including phenoxy) is 1. The lowest BCUT2D eigenvalue weighted by molar-refractivity contribution is -0.127. The minimum Gasteiger partial charge on any atom is -0.480 e. The Hall–Kier alpha value is -2.38. The van der Waals surface area contributed by atoms with Crippen LogP contribution in [0.3, 0.4) is 0 Å². The van der Waals surface area contributed by atoms with E-state index in [-0.39, 0.29) is 23.9 Å². The molecular weight excluding hydrogens is 352 g/mol. The van der Waals surface area contributed by atoms with Gasteiger partial charge in [0.15, 0.2) is 6.10 Å². The summed E-state index contributed by atoms with van der Waals surface area (Å²) in [7, 11) is -3.61. The monoisotopic (exact) mass is 374 g/mol. The van der Waals surface area contributed by atoms with E-state index >= 15 is 0 Å². The number of rotatable bonds is 6. The lowest BCUT2D eigenvalue weighted by Crippen LogP contribution is -2.41. The molecule has 1 amide bonds. The van der Waals surface area contributed by atoms with Crippen LogP contribution in [0, 0.1) is 13.8 Å². The van der Waals surface area contributed by atoms with Gasteiger partial charge in [-0.3, -0.25) is 4.79 Å². The molecule has 1 atom stereocenters. The van der Waals surface area contributed by atoms with E-state index in [4.69, 9.17) is 4.74 Å². The van der Waals surface area contributed by atoms with Crippen molar-refractivity contribution in [3.8, 4) is 5.75 Å². The SMILES string of the molecule is Cc1ccc(C)c(S(=O)(=O)NCCNC(=O)C2Cc3ccccc3O2)c1. The molecular formula is C19H22N2O4S. The highest BCUT2D eigenvalue weighted by Crippen LogP contribution is 2.28. The normalized spacial score (nSPS) is 16.0. The van der Waals surface area contributed by atoms with Gasteiger partial charge in [-0.05, 0) is 42.7 Å². The number of para-hydroxylation sites is 1. The van der Waals surface area contributed by atoms with E-state index in [1.54, 1.807) is 19.1 Å². The predicted octanol–water partition coefficient (Wildman–Crippen LogP) is 1.70. The van der Waals surface area contributed by atoms with E-state index in [9.17, 15) is 13.2 Å². The van der Waals surface area contributed by atoms with E-state index in [0.717, 1.165) is 16.9 Å². The number of sulfonamides is 1. The molecule has 2 aromatic carbocycles. The van der Waals surface area contributed by atoms with Crippen LogP contribution in [0.15, 0.2) is 47.4 Å². The van der Waals surface area contributed by atoms with Crippen molar-refractivity contribution >= 4 is 15.9 Å². The van der Waals surface area contributed by atoms with Gasteiger partial charge in [0.1, 0.15) is 5.75 Å². The van der Waals surface area contributed by atoms with Gasteiger partial charge in [-0.1, -0.05) is 30.3 Å². The van der Waals surface area contributed by atoms with Crippen LogP contribution in [0.5, 0.6) is 5.75 Å². The van der Waals surface area contributed by atoms with Gasteiger partial charge in [0, 0.05) is 19.5 Å². The molecule has 0 fully saturated rings. The van der Waals surface area contributed by atoms with Crippen LogP contribution in [-0.4, -0.2) is 33.5 Å². The highest BCUT2D eigenvalue weighted by molar-refractivity contribution is 7.89. The van der Waals surface area contributed by atoms with Crippen LogP contribution < -0.4 is 14.8 Å². The molecule has 0 radical (unpaired) electrons. The maximum Gasteiger partial charge on any atom is 0.261 e. The van der Waals surface area contributed by atoms with Crippen LogP contribution in [-0.2, 0) is 21.2 Å². The van der Waals surface area contributed by atoms with E-state index < -0.39 is 16.1 Å². The Kier molecular flexibility index (Phi) is 5.29. The number of fused-ring (bicyclic) bond motifs is 1. The summed E-state index contributed by atoms with van der Waals surface area (Å²) in [6.07, 6.45) is -0.0426. The Labute approximate surface area is 153 Å². The summed E-state index contributed by atoms with van der Waals surface area (Å²) in [6.45, 7) is 3.91. The maximum atomic E-state index is 12.4. The van der Waals surface area contributed by atoms with E-state index in [0.29, 0.717) is 12.0 Å². The second-order valence-corrected chi connectivity index (χ2v) is 8.11. The topological polar surface area (TPSA) is 84.5 Å². The van der Waals surface area contributed by atoms with Crippen molar-refractivity contribution in [3.05, 3.63) is 59.2 Å². The third-order valence-corrected chi connectivity index (χ3v) is 5.89. The molecule has 1 unspecified atom stereocenters. The first-order valence-electron chi connectivity index (χ1n) is 8.46. The van der Waals surface area contributed by atoms with Crippen LogP contribution in [0.2, 0.25) is 0 Å². The minimum atomic E-state index is -3.61. The second kappa shape index (κ2) is 7.47. The first kappa shape index (κ1) is 18.4. The van der Waals surface area contributed by atoms with E-state index in [1.807, 2.05) is 37.3 Å². The van der Waals surface area contributed by atoms with Gasteiger partial charge in [0.25, 0.3) is 5.91 Å². The van der Waals surface area contributed by atoms with Crippen LogP contribution in [0.4, 0.5) is 0 Å². The average Bonchev–Trinajstić information content (AvgIpc) is 3.05. The molecule has 2 aromatic rings. The Morgan fingerprint density at radius 3 is 2.69 bits per heavy atom. The number of hydrogen-bond acceptors (Lipinski definition) is 4. The first-order chi connectivity index (χ1) is 12.4. The molecule has 7 heteroatoms. The second-order valence-electron chi connectivity index (χ2n) is 6.38. The molecule has 0 aromatic heterocycles. The van der Waals surface area contributed by atoms with Gasteiger partial charge in [0.05, 0.1) is 4.90 Å². The number of amides is 1. The highest BCUT2D eigenvalue weighted by atomic mass is 32.2. The molecule has 0 bridgehead atoms. The molecule has 0 saturated carbocycles. The van der Waals surface area contributed by atoms with Crippen molar-refractivity contribution in [2.24, 2.45) is 0 Å². The Morgan fingerprint density at radius 1 is 1.15 bits per heavy atom. The molecule has 138 valence electrons. The van der Waals surface area contributed by atoms with Crippen molar-refractivity contribution in [1.82, 2.24) is 10.0 Å². The number of nitrogens with one attached hydrogen (secondary N) is 2. The summed E-state index contributed by atoms with van der Waals surface area (Å²) in [5, 5.41) is 2.72. The van der Waals surface area contributed by atoms with Crippen molar-refractivity contribution in [3.63, 3.8) is 0 Å². The van der Waals surface area contributed by atoms with E-state index in [1.165, 1.54) is 0 Å². The third kappa shape index (κ3) is 4.05. The zero-order valence-corrected chi connectivity index (χ0v) is 15.6. The summed E-state index contributed by atoms with van der Waals surface area (Å²) in [6, 6.07) is 12.8. The molecule has 1 heterocycles. The summed E-state index contributed by atoms with van der Waals surface area (Å²) >= 11 is 0. The largest absolute Gasteiger partial charge is 0.480 e. The average molecular weight is 374 g/mol. The van der Waals surface area contributed by atoms with Crippen molar-refractivity contribution in [1.29, 1.82) is 0 Å². The maximum absolute atomic E-state index is 12.4. The van der Waals surface area contributed by atoms with Gasteiger partial charge in [0.2, 0.25) is 10.0 Å². The predicted molar refractivity (Wildman–Crippen MR) is 98.7 cm³/mol. The van der Waals surface area contributed by atoms with Crippen molar-refractivity contribution < 1.29 is 17.9 Å². The lowest BCUT2D eigenvalue weighted by Gasteiger charge is -2.13. The summed E-state index contributed by atoms with van der Waals surface area (Å²) < 4.78 is 33.0. The fourth-order valence-corrected chi connectivity index (χ4v) is 4.25. The molecule has 0 spiro atoms. The van der Waals surface area contributed by atoms with Gasteiger partial charge in [-0.25, -0.2) is 13.1 Å². The van der Waals surface area contributed by atoms with Gasteiger partial charge in [-0.15, -0.1) is 0 Å². The van der Waals surface area contributed by atoms with Crippen LogP contribution in [0.25, 0.3) is 0 Å². The third-order valence-electron chi connectivity index (χ3n) is 4.29. The van der Waals surface area contributed by atoms with Gasteiger partial charge in [-0.2, -0.15) is 0 Å². The van der Waals surface area contributed by atoms with Gasteiger partial charge < -0.3 is 10.1 Å². The quantitative estimate of drug-likeness (QED) is 0.754. The first-order valence-corrected chi connectivity index (χ1v) is 9.94. The smallest absolute Gasteiger partial charge is 0.261 e. The molecule has 2 N–H and O–H groups in total. The molecule has 0 aliphatic carbocycles. The Balaban J connectivity index is 1.50. The number of benzene rings is 2. The molecule has 6 nitrogen and oxygen atoms in total. The number of hydrogen-bond donors (Lipinski definition) is 2. The van der Waals surface area contributed by atoms with Crippen molar-refractivity contribution in [2.75, 3.05) is 13.1 Å². The zero-order valence-electron chi connectivity index (χ0n) is 14.8. The number of carbonyl (C=O) groups excluding carboxylic acids is 1. The van der Waals surface area contributed by atoms with Crippen LogP contribution in [0.1, 0.15) is 16.7 Å². The molecule has 1 aliphatic rings. The van der Waals surface area contributed by atoms with Crippen LogP contribution >= 0.6 is 0 Å². The fourth-order valence-electron chi connectivity index (χ4n) is 2.89. The minimum absolute atomic E-state index is 0.112. The molecule has 3 rings (SSSR count).